The van der Waals surface area contributed by atoms with E-state index in [-0.39, 0.29) is 0 Å². The molecule has 0 aromatic heterocycles. The maximum absolute atomic E-state index is 10.8. The maximum Gasteiger partial charge on any atom is 0.0896 e. The molecule has 0 saturated heterocycles. The van der Waals surface area contributed by atoms with Gasteiger partial charge < -0.3 is 5.11 Å². The van der Waals surface area contributed by atoms with E-state index in [9.17, 15) is 5.11 Å². The van der Waals surface area contributed by atoms with Gasteiger partial charge in [-0.25, -0.2) is 0 Å². The van der Waals surface area contributed by atoms with Crippen LogP contribution in [0.5, 0.6) is 0 Å². The molecule has 1 aliphatic rings. The molecule has 1 aliphatic carbocycles. The van der Waals surface area contributed by atoms with Crippen molar-refractivity contribution in [3.05, 3.63) is 53.6 Å². The summed E-state index contributed by atoms with van der Waals surface area (Å²) < 4.78 is 0. The molecule has 0 heterocycles. The first-order valence-electron chi connectivity index (χ1n) is 6.73. The fourth-order valence-corrected chi connectivity index (χ4v) is 2.78. The molecular weight excluding hydrogens is 220 g/mol. The Morgan fingerprint density at radius 3 is 2.72 bits per heavy atom. The van der Waals surface area contributed by atoms with E-state index in [1.165, 1.54) is 17.6 Å². The summed E-state index contributed by atoms with van der Waals surface area (Å²) in [6.07, 6.45) is 6.98. The number of benzene rings is 1. The van der Waals surface area contributed by atoms with E-state index in [1.807, 2.05) is 25.1 Å². The minimum Gasteiger partial charge on any atom is -0.385 e. The molecule has 18 heavy (non-hydrogen) atoms. The van der Waals surface area contributed by atoms with Crippen LogP contribution in [-0.4, -0.2) is 10.7 Å². The molecule has 96 valence electrons. The summed E-state index contributed by atoms with van der Waals surface area (Å²) in [7, 11) is 0. The Labute approximate surface area is 110 Å². The average Bonchev–Trinajstić information content (AvgIpc) is 2.32. The molecule has 1 N–H and O–H groups in total. The van der Waals surface area contributed by atoms with Gasteiger partial charge in [0.05, 0.1) is 5.60 Å². The molecule has 1 heteroatoms. The van der Waals surface area contributed by atoms with Crippen molar-refractivity contribution in [3.8, 4) is 0 Å². The minimum atomic E-state index is -0.667. The van der Waals surface area contributed by atoms with Gasteiger partial charge in [-0.05, 0) is 43.7 Å². The molecule has 2 rings (SSSR count). The highest BCUT2D eigenvalue weighted by atomic mass is 16.3. The van der Waals surface area contributed by atoms with E-state index < -0.39 is 5.60 Å². The lowest BCUT2D eigenvalue weighted by Crippen LogP contribution is -2.34. The Hall–Kier alpha value is -1.34. The van der Waals surface area contributed by atoms with Crippen LogP contribution < -0.4 is 0 Å². The first-order chi connectivity index (χ1) is 8.60. The molecular formula is C17H22O. The van der Waals surface area contributed by atoms with Crippen molar-refractivity contribution in [2.45, 2.75) is 44.6 Å². The van der Waals surface area contributed by atoms with Crippen molar-refractivity contribution < 1.29 is 5.11 Å². The van der Waals surface area contributed by atoms with Gasteiger partial charge in [-0.15, -0.1) is 6.58 Å². The van der Waals surface area contributed by atoms with Crippen molar-refractivity contribution in [1.29, 1.82) is 0 Å². The summed E-state index contributed by atoms with van der Waals surface area (Å²) in [5, 5.41) is 10.8. The third-order valence-electron chi connectivity index (χ3n) is 3.62. The van der Waals surface area contributed by atoms with Gasteiger partial charge in [0.2, 0.25) is 0 Å². The highest BCUT2D eigenvalue weighted by Gasteiger charge is 2.33. The zero-order chi connectivity index (χ0) is 13.0. The van der Waals surface area contributed by atoms with E-state index in [2.05, 4.69) is 24.8 Å². The van der Waals surface area contributed by atoms with Gasteiger partial charge in [-0.2, -0.15) is 0 Å². The molecule has 0 amide bonds. The SMILES string of the molecule is C=C(C)C[C@@]1(O)CCCC/C1=C/c1ccccc1. The minimum absolute atomic E-state index is 0.667. The van der Waals surface area contributed by atoms with Crippen LogP contribution in [0.2, 0.25) is 0 Å². The van der Waals surface area contributed by atoms with Crippen LogP contribution in [0.15, 0.2) is 48.1 Å². The quantitative estimate of drug-likeness (QED) is 0.782. The van der Waals surface area contributed by atoms with Crippen LogP contribution >= 0.6 is 0 Å². The van der Waals surface area contributed by atoms with Crippen molar-refractivity contribution in [1.82, 2.24) is 0 Å². The second-order valence-corrected chi connectivity index (χ2v) is 5.45. The molecule has 1 atom stereocenters. The lowest BCUT2D eigenvalue weighted by Gasteiger charge is -2.35. The summed E-state index contributed by atoms with van der Waals surface area (Å²) >= 11 is 0. The van der Waals surface area contributed by atoms with Gasteiger partial charge in [0.1, 0.15) is 0 Å². The summed E-state index contributed by atoms with van der Waals surface area (Å²) in [5.74, 6) is 0. The Morgan fingerprint density at radius 1 is 1.33 bits per heavy atom. The van der Waals surface area contributed by atoms with E-state index in [1.54, 1.807) is 0 Å². The van der Waals surface area contributed by atoms with E-state index in [4.69, 9.17) is 0 Å². The number of aliphatic hydroxyl groups is 1. The van der Waals surface area contributed by atoms with E-state index in [0.29, 0.717) is 6.42 Å². The maximum atomic E-state index is 10.8. The van der Waals surface area contributed by atoms with Crippen LogP contribution in [0.1, 0.15) is 44.6 Å². The van der Waals surface area contributed by atoms with Gasteiger partial charge in [0.15, 0.2) is 0 Å². The Bertz CT molecular complexity index is 444. The fraction of sp³-hybridized carbons (Fsp3) is 0.412. The second kappa shape index (κ2) is 5.53. The van der Waals surface area contributed by atoms with Crippen LogP contribution in [0.25, 0.3) is 6.08 Å². The molecule has 1 fully saturated rings. The normalized spacial score (nSPS) is 26.2. The van der Waals surface area contributed by atoms with Crippen LogP contribution in [-0.2, 0) is 0 Å². The number of hydrogen-bond acceptors (Lipinski definition) is 1. The average molecular weight is 242 g/mol. The topological polar surface area (TPSA) is 20.2 Å². The Balaban J connectivity index is 2.28. The van der Waals surface area contributed by atoms with Crippen molar-refractivity contribution >= 4 is 6.08 Å². The molecule has 0 spiro atoms. The summed E-state index contributed by atoms with van der Waals surface area (Å²) in [6.45, 7) is 5.94. The Morgan fingerprint density at radius 2 is 2.06 bits per heavy atom. The number of hydrogen-bond donors (Lipinski definition) is 1. The molecule has 0 unspecified atom stereocenters. The molecule has 1 saturated carbocycles. The first kappa shape index (κ1) is 13.1. The highest BCUT2D eigenvalue weighted by molar-refractivity contribution is 5.55. The molecule has 1 nitrogen and oxygen atoms in total. The summed E-state index contributed by atoms with van der Waals surface area (Å²) in [4.78, 5) is 0. The van der Waals surface area contributed by atoms with Gasteiger partial charge in [0.25, 0.3) is 0 Å². The zero-order valence-corrected chi connectivity index (χ0v) is 11.2. The van der Waals surface area contributed by atoms with Gasteiger partial charge in [-0.3, -0.25) is 0 Å². The van der Waals surface area contributed by atoms with Gasteiger partial charge in [-0.1, -0.05) is 42.0 Å². The predicted octanol–water partition coefficient (Wildman–Crippen LogP) is 4.34. The standard InChI is InChI=1S/C17H22O/c1-14(2)13-17(18)11-7-6-10-16(17)12-15-8-4-3-5-9-15/h3-5,8-9,12,18H,1,6-7,10-11,13H2,2H3/b16-12-/t17-/m0/s1. The third-order valence-corrected chi connectivity index (χ3v) is 3.62. The smallest absolute Gasteiger partial charge is 0.0896 e. The molecule has 1 aromatic rings. The van der Waals surface area contributed by atoms with Gasteiger partial charge in [0, 0.05) is 6.42 Å². The molecule has 1 aromatic carbocycles. The zero-order valence-electron chi connectivity index (χ0n) is 11.2. The summed E-state index contributed by atoms with van der Waals surface area (Å²) in [5.41, 5.74) is 2.73. The van der Waals surface area contributed by atoms with Crippen molar-refractivity contribution in [3.63, 3.8) is 0 Å². The summed E-state index contributed by atoms with van der Waals surface area (Å²) in [6, 6.07) is 10.3. The fourth-order valence-electron chi connectivity index (χ4n) is 2.78. The second-order valence-electron chi connectivity index (χ2n) is 5.45. The Kier molecular flexibility index (Phi) is 4.03. The molecule has 0 aliphatic heterocycles. The van der Waals surface area contributed by atoms with E-state index in [0.717, 1.165) is 24.8 Å². The third kappa shape index (κ3) is 3.11. The van der Waals surface area contributed by atoms with Crippen molar-refractivity contribution in [2.75, 3.05) is 0 Å². The van der Waals surface area contributed by atoms with Crippen molar-refractivity contribution in [2.24, 2.45) is 0 Å². The van der Waals surface area contributed by atoms with Crippen LogP contribution in [0, 0.1) is 0 Å². The first-order valence-corrected chi connectivity index (χ1v) is 6.73. The van der Waals surface area contributed by atoms with Crippen LogP contribution in [0.3, 0.4) is 0 Å². The van der Waals surface area contributed by atoms with Gasteiger partial charge >= 0.3 is 0 Å². The lowest BCUT2D eigenvalue weighted by atomic mass is 9.76. The van der Waals surface area contributed by atoms with E-state index >= 15 is 0 Å². The largest absolute Gasteiger partial charge is 0.385 e. The highest BCUT2D eigenvalue weighted by Crippen LogP contribution is 2.38. The predicted molar refractivity (Wildman–Crippen MR) is 77.3 cm³/mol. The number of rotatable bonds is 3. The lowest BCUT2D eigenvalue weighted by molar-refractivity contribution is 0.0534. The monoisotopic (exact) mass is 242 g/mol. The molecule has 0 radical (unpaired) electrons. The molecule has 0 bridgehead atoms. The van der Waals surface area contributed by atoms with Crippen LogP contribution in [0.4, 0.5) is 0 Å².